The molecule has 2 rings (SSSR count). The van der Waals surface area contributed by atoms with E-state index in [1.807, 2.05) is 0 Å². The maximum absolute atomic E-state index is 14.2. The summed E-state index contributed by atoms with van der Waals surface area (Å²) in [6.07, 6.45) is 1.88. The summed E-state index contributed by atoms with van der Waals surface area (Å²) < 4.78 is 18.9. The molecule has 0 aromatic heterocycles. The fourth-order valence-corrected chi connectivity index (χ4v) is 2.66. The van der Waals surface area contributed by atoms with E-state index in [0.717, 1.165) is 6.42 Å². The first-order chi connectivity index (χ1) is 6.15. The zero-order valence-electron chi connectivity index (χ0n) is 7.73. The molecule has 0 spiro atoms. The minimum Gasteiger partial charge on any atom is -0.468 e. The monoisotopic (exact) mass is 187 g/mol. The van der Waals surface area contributed by atoms with Crippen molar-refractivity contribution in [2.75, 3.05) is 20.2 Å². The number of carbonyl (C=O) groups excluding carboxylic acids is 1. The summed E-state index contributed by atoms with van der Waals surface area (Å²) in [5.74, 6) is -0.391. The third-order valence-corrected chi connectivity index (χ3v) is 3.44. The van der Waals surface area contributed by atoms with Gasteiger partial charge in [0.05, 0.1) is 7.11 Å². The third kappa shape index (κ3) is 0.950. The van der Waals surface area contributed by atoms with Gasteiger partial charge in [0.25, 0.3) is 0 Å². The van der Waals surface area contributed by atoms with Gasteiger partial charge < -0.3 is 10.1 Å². The van der Waals surface area contributed by atoms with Gasteiger partial charge in [-0.2, -0.15) is 0 Å². The molecule has 1 aliphatic carbocycles. The lowest BCUT2D eigenvalue weighted by atomic mass is 9.78. The van der Waals surface area contributed by atoms with Crippen molar-refractivity contribution in [3.05, 3.63) is 0 Å². The van der Waals surface area contributed by atoms with Gasteiger partial charge in [0.15, 0.2) is 0 Å². The Bertz CT molecular complexity index is 232. The van der Waals surface area contributed by atoms with E-state index in [0.29, 0.717) is 25.9 Å². The molecule has 0 unspecified atom stereocenters. The number of rotatable bonds is 1. The van der Waals surface area contributed by atoms with Gasteiger partial charge in [0, 0.05) is 13.1 Å². The van der Waals surface area contributed by atoms with Crippen LogP contribution in [0.1, 0.15) is 19.3 Å². The second-order valence-electron chi connectivity index (χ2n) is 4.00. The first-order valence-corrected chi connectivity index (χ1v) is 4.63. The molecule has 1 saturated carbocycles. The number of methoxy groups -OCH3 is 1. The van der Waals surface area contributed by atoms with Crippen molar-refractivity contribution < 1.29 is 13.9 Å². The third-order valence-electron chi connectivity index (χ3n) is 3.44. The van der Waals surface area contributed by atoms with Crippen molar-refractivity contribution in [2.45, 2.75) is 24.9 Å². The Morgan fingerprint density at radius 2 is 2.23 bits per heavy atom. The SMILES string of the molecule is COC(=O)[C@]12CCC[C@@]1(F)CNC2. The van der Waals surface area contributed by atoms with E-state index in [1.54, 1.807) is 0 Å². The van der Waals surface area contributed by atoms with Crippen molar-refractivity contribution in [3.8, 4) is 0 Å². The molecule has 4 heteroatoms. The average Bonchev–Trinajstić information content (AvgIpc) is 2.57. The second kappa shape index (κ2) is 2.67. The van der Waals surface area contributed by atoms with Gasteiger partial charge in [-0.15, -0.1) is 0 Å². The molecule has 3 nitrogen and oxygen atoms in total. The van der Waals surface area contributed by atoms with Gasteiger partial charge in [0.2, 0.25) is 0 Å². The van der Waals surface area contributed by atoms with E-state index < -0.39 is 17.1 Å². The Hall–Kier alpha value is -0.640. The summed E-state index contributed by atoms with van der Waals surface area (Å²) >= 11 is 0. The number of halogens is 1. The lowest BCUT2D eigenvalue weighted by molar-refractivity contribution is -0.157. The number of ether oxygens (including phenoxy) is 1. The average molecular weight is 187 g/mol. The molecular formula is C9H14FNO2. The Morgan fingerprint density at radius 1 is 1.46 bits per heavy atom. The van der Waals surface area contributed by atoms with E-state index in [9.17, 15) is 9.18 Å². The van der Waals surface area contributed by atoms with Gasteiger partial charge in [-0.25, -0.2) is 4.39 Å². The van der Waals surface area contributed by atoms with E-state index in [4.69, 9.17) is 0 Å². The first-order valence-electron chi connectivity index (χ1n) is 4.63. The number of esters is 1. The minimum atomic E-state index is -1.36. The highest BCUT2D eigenvalue weighted by Gasteiger charge is 2.64. The van der Waals surface area contributed by atoms with E-state index in [2.05, 4.69) is 10.1 Å². The molecule has 2 atom stereocenters. The Kier molecular flexibility index (Phi) is 1.84. The predicted octanol–water partition coefficient (Wildman–Crippen LogP) is 0.641. The van der Waals surface area contributed by atoms with Gasteiger partial charge in [-0.3, -0.25) is 4.79 Å². The smallest absolute Gasteiger partial charge is 0.316 e. The predicted molar refractivity (Wildman–Crippen MR) is 45.0 cm³/mol. The molecule has 1 aliphatic heterocycles. The molecule has 74 valence electrons. The number of hydrogen-bond acceptors (Lipinski definition) is 3. The molecule has 1 N–H and O–H groups in total. The summed E-state index contributed by atoms with van der Waals surface area (Å²) in [7, 11) is 1.33. The van der Waals surface area contributed by atoms with Crippen LogP contribution in [0.15, 0.2) is 0 Å². The standard InChI is InChI=1S/C9H14FNO2/c1-13-7(12)8-3-2-4-9(8,10)6-11-5-8/h11H,2-6H2,1H3/t8-,9-/m1/s1. The van der Waals surface area contributed by atoms with Crippen molar-refractivity contribution in [1.82, 2.24) is 5.32 Å². The van der Waals surface area contributed by atoms with Crippen LogP contribution in [0, 0.1) is 5.41 Å². The molecule has 0 bridgehead atoms. The highest BCUT2D eigenvalue weighted by Crippen LogP contribution is 2.52. The van der Waals surface area contributed by atoms with Crippen LogP contribution in [0.2, 0.25) is 0 Å². The normalized spacial score (nSPS) is 43.2. The zero-order valence-corrected chi connectivity index (χ0v) is 7.73. The summed E-state index contributed by atoms with van der Waals surface area (Å²) in [6.45, 7) is 0.721. The summed E-state index contributed by atoms with van der Waals surface area (Å²) in [5.41, 5.74) is -2.25. The van der Waals surface area contributed by atoms with Crippen LogP contribution >= 0.6 is 0 Å². The number of alkyl halides is 1. The summed E-state index contributed by atoms with van der Waals surface area (Å²) in [6, 6.07) is 0. The fourth-order valence-electron chi connectivity index (χ4n) is 2.66. The Morgan fingerprint density at radius 3 is 2.92 bits per heavy atom. The molecule has 1 saturated heterocycles. The van der Waals surface area contributed by atoms with Crippen LogP contribution in [0.3, 0.4) is 0 Å². The Labute approximate surface area is 76.6 Å². The molecule has 13 heavy (non-hydrogen) atoms. The topological polar surface area (TPSA) is 38.3 Å². The second-order valence-corrected chi connectivity index (χ2v) is 4.00. The van der Waals surface area contributed by atoms with Gasteiger partial charge in [-0.05, 0) is 19.3 Å². The van der Waals surface area contributed by atoms with Crippen LogP contribution < -0.4 is 5.32 Å². The molecule has 2 fully saturated rings. The van der Waals surface area contributed by atoms with E-state index >= 15 is 0 Å². The molecule has 1 heterocycles. The van der Waals surface area contributed by atoms with Crippen molar-refractivity contribution in [1.29, 1.82) is 0 Å². The van der Waals surface area contributed by atoms with Gasteiger partial charge in [-0.1, -0.05) is 0 Å². The minimum absolute atomic E-state index is 0.294. The maximum atomic E-state index is 14.2. The molecule has 0 amide bonds. The van der Waals surface area contributed by atoms with Crippen molar-refractivity contribution in [3.63, 3.8) is 0 Å². The molecular weight excluding hydrogens is 173 g/mol. The Balaban J connectivity index is 2.33. The number of hydrogen-bond donors (Lipinski definition) is 1. The largest absolute Gasteiger partial charge is 0.468 e. The lowest BCUT2D eigenvalue weighted by Gasteiger charge is -2.29. The summed E-state index contributed by atoms with van der Waals surface area (Å²) in [5, 5.41) is 2.94. The van der Waals surface area contributed by atoms with Crippen LogP contribution in [0.4, 0.5) is 4.39 Å². The van der Waals surface area contributed by atoms with E-state index in [1.165, 1.54) is 7.11 Å². The molecule has 2 aliphatic rings. The van der Waals surface area contributed by atoms with Gasteiger partial charge >= 0.3 is 5.97 Å². The van der Waals surface area contributed by atoms with Crippen LogP contribution in [0.5, 0.6) is 0 Å². The number of fused-ring (bicyclic) bond motifs is 1. The number of carbonyl (C=O) groups is 1. The van der Waals surface area contributed by atoms with Crippen LogP contribution in [-0.4, -0.2) is 31.8 Å². The number of nitrogens with one attached hydrogen (secondary N) is 1. The first kappa shape index (κ1) is 8.94. The molecule has 0 radical (unpaired) electrons. The van der Waals surface area contributed by atoms with Crippen LogP contribution in [0.25, 0.3) is 0 Å². The van der Waals surface area contributed by atoms with E-state index in [-0.39, 0.29) is 0 Å². The summed E-state index contributed by atoms with van der Waals surface area (Å²) in [4.78, 5) is 11.5. The maximum Gasteiger partial charge on any atom is 0.316 e. The zero-order chi connectivity index (χ0) is 9.53. The highest BCUT2D eigenvalue weighted by molar-refractivity contribution is 5.80. The fraction of sp³-hybridized carbons (Fsp3) is 0.889. The quantitative estimate of drug-likeness (QED) is 0.612. The van der Waals surface area contributed by atoms with Crippen molar-refractivity contribution >= 4 is 5.97 Å². The van der Waals surface area contributed by atoms with Crippen molar-refractivity contribution in [2.24, 2.45) is 5.41 Å². The van der Waals surface area contributed by atoms with Crippen LogP contribution in [-0.2, 0) is 9.53 Å². The van der Waals surface area contributed by atoms with Gasteiger partial charge in [0.1, 0.15) is 11.1 Å². The molecule has 0 aromatic rings. The highest BCUT2D eigenvalue weighted by atomic mass is 19.1. The molecule has 0 aromatic carbocycles. The lowest BCUT2D eigenvalue weighted by Crippen LogP contribution is -2.45.